The maximum atomic E-state index is 5.59. The van der Waals surface area contributed by atoms with Crippen molar-refractivity contribution in [2.24, 2.45) is 0 Å². The molecular weight excluding hydrogens is 268 g/mol. The molecule has 0 bridgehead atoms. The molecule has 0 aliphatic heterocycles. The molecule has 0 saturated heterocycles. The van der Waals surface area contributed by atoms with E-state index in [0.29, 0.717) is 19.1 Å². The first-order chi connectivity index (χ1) is 10.2. The number of hydrogen-bond donors (Lipinski definition) is 1. The highest BCUT2D eigenvalue weighted by molar-refractivity contribution is 5.38. The smallest absolute Gasteiger partial charge is 0.218 e. The number of hydrogen-bond acceptors (Lipinski definition) is 6. The first kappa shape index (κ1) is 17.7. The van der Waals surface area contributed by atoms with Crippen molar-refractivity contribution in [1.82, 2.24) is 14.9 Å². The van der Waals surface area contributed by atoms with Crippen molar-refractivity contribution >= 4 is 5.82 Å². The number of aryl methyl sites for hydroxylation is 1. The van der Waals surface area contributed by atoms with Gasteiger partial charge in [-0.2, -0.15) is 4.98 Å². The number of anilines is 1. The monoisotopic (exact) mass is 296 g/mol. The predicted molar refractivity (Wildman–Crippen MR) is 85.1 cm³/mol. The van der Waals surface area contributed by atoms with Gasteiger partial charge in [-0.1, -0.05) is 6.92 Å². The highest BCUT2D eigenvalue weighted by Crippen LogP contribution is 2.14. The molecule has 0 unspecified atom stereocenters. The molecule has 0 aliphatic rings. The number of aromatic nitrogens is 2. The van der Waals surface area contributed by atoms with Crippen molar-refractivity contribution in [3.05, 3.63) is 11.9 Å². The van der Waals surface area contributed by atoms with Crippen molar-refractivity contribution in [3.63, 3.8) is 0 Å². The number of nitrogens with zero attached hydrogens (tertiary/aromatic N) is 3. The second-order valence-electron chi connectivity index (χ2n) is 5.18. The van der Waals surface area contributed by atoms with Crippen LogP contribution in [-0.2, 0) is 11.2 Å². The summed E-state index contributed by atoms with van der Waals surface area (Å²) in [6, 6.07) is 1.85. The Labute approximate surface area is 127 Å². The molecule has 21 heavy (non-hydrogen) atoms. The SMILES string of the molecule is CCCc1nc(NCCCN(C)C)cc(OCCOC)n1. The highest BCUT2D eigenvalue weighted by atomic mass is 16.5. The van der Waals surface area contributed by atoms with Gasteiger partial charge in [0.05, 0.1) is 6.61 Å². The van der Waals surface area contributed by atoms with Crippen LogP contribution in [0.1, 0.15) is 25.6 Å². The lowest BCUT2D eigenvalue weighted by Gasteiger charge is -2.12. The maximum Gasteiger partial charge on any atom is 0.218 e. The summed E-state index contributed by atoms with van der Waals surface area (Å²) < 4.78 is 10.6. The van der Waals surface area contributed by atoms with Crippen molar-refractivity contribution < 1.29 is 9.47 Å². The Kier molecular flexibility index (Phi) is 8.69. The summed E-state index contributed by atoms with van der Waals surface area (Å²) in [5.41, 5.74) is 0. The van der Waals surface area contributed by atoms with Crippen molar-refractivity contribution in [1.29, 1.82) is 0 Å². The minimum atomic E-state index is 0.499. The van der Waals surface area contributed by atoms with Crippen LogP contribution in [0.4, 0.5) is 5.82 Å². The molecular formula is C15H28N4O2. The fourth-order valence-electron chi connectivity index (χ4n) is 1.81. The van der Waals surface area contributed by atoms with E-state index >= 15 is 0 Å². The van der Waals surface area contributed by atoms with E-state index in [1.807, 2.05) is 6.07 Å². The quantitative estimate of drug-likeness (QED) is 0.629. The lowest BCUT2D eigenvalue weighted by molar-refractivity contribution is 0.143. The standard InChI is InChI=1S/C15H28N4O2/c1-5-7-13-17-14(16-8-6-9-19(2)3)12-15(18-13)21-11-10-20-4/h12H,5-11H2,1-4H3,(H,16,17,18). The zero-order valence-corrected chi connectivity index (χ0v) is 13.7. The second-order valence-corrected chi connectivity index (χ2v) is 5.18. The fourth-order valence-corrected chi connectivity index (χ4v) is 1.81. The number of ether oxygens (including phenoxy) is 2. The minimum Gasteiger partial charge on any atom is -0.475 e. The van der Waals surface area contributed by atoms with Gasteiger partial charge in [0, 0.05) is 26.1 Å². The van der Waals surface area contributed by atoms with Gasteiger partial charge < -0.3 is 19.7 Å². The predicted octanol–water partition coefficient (Wildman–Crippen LogP) is 1.82. The number of rotatable bonds is 11. The van der Waals surface area contributed by atoms with Gasteiger partial charge >= 0.3 is 0 Å². The first-order valence-electron chi connectivity index (χ1n) is 7.54. The summed E-state index contributed by atoms with van der Waals surface area (Å²) in [6.07, 6.45) is 2.94. The molecule has 0 fully saturated rings. The average molecular weight is 296 g/mol. The summed E-state index contributed by atoms with van der Waals surface area (Å²) in [4.78, 5) is 11.1. The minimum absolute atomic E-state index is 0.499. The van der Waals surface area contributed by atoms with Crippen LogP contribution in [0.5, 0.6) is 5.88 Å². The lowest BCUT2D eigenvalue weighted by atomic mass is 10.3. The van der Waals surface area contributed by atoms with Crippen LogP contribution in [0.3, 0.4) is 0 Å². The van der Waals surface area contributed by atoms with E-state index in [2.05, 4.69) is 41.2 Å². The average Bonchev–Trinajstić information content (AvgIpc) is 2.44. The van der Waals surface area contributed by atoms with Crippen LogP contribution in [0.2, 0.25) is 0 Å². The Balaban J connectivity index is 2.58. The summed E-state index contributed by atoms with van der Waals surface area (Å²) in [6.45, 7) is 5.11. The Bertz CT molecular complexity index is 399. The maximum absolute atomic E-state index is 5.59. The number of nitrogens with one attached hydrogen (secondary N) is 1. The molecule has 0 amide bonds. The summed E-state index contributed by atoms with van der Waals surface area (Å²) in [7, 11) is 5.81. The van der Waals surface area contributed by atoms with E-state index in [9.17, 15) is 0 Å². The normalized spacial score (nSPS) is 10.9. The highest BCUT2D eigenvalue weighted by Gasteiger charge is 2.05. The molecule has 0 aromatic carbocycles. The molecule has 0 saturated carbocycles. The zero-order chi connectivity index (χ0) is 15.5. The topological polar surface area (TPSA) is 59.5 Å². The van der Waals surface area contributed by atoms with Crippen LogP contribution in [-0.4, -0.2) is 62.4 Å². The molecule has 1 rings (SSSR count). The van der Waals surface area contributed by atoms with Crippen molar-refractivity contribution in [3.8, 4) is 5.88 Å². The third-order valence-electron chi connectivity index (χ3n) is 2.85. The molecule has 6 nitrogen and oxygen atoms in total. The molecule has 0 radical (unpaired) electrons. The third kappa shape index (κ3) is 7.82. The van der Waals surface area contributed by atoms with Crippen LogP contribution < -0.4 is 10.1 Å². The zero-order valence-electron chi connectivity index (χ0n) is 13.7. The van der Waals surface area contributed by atoms with E-state index in [0.717, 1.165) is 44.0 Å². The van der Waals surface area contributed by atoms with E-state index in [-0.39, 0.29) is 0 Å². The van der Waals surface area contributed by atoms with E-state index < -0.39 is 0 Å². The van der Waals surface area contributed by atoms with Gasteiger partial charge in [0.25, 0.3) is 0 Å². The van der Waals surface area contributed by atoms with Gasteiger partial charge in [-0.05, 0) is 33.5 Å². The van der Waals surface area contributed by atoms with Crippen LogP contribution in [0.25, 0.3) is 0 Å². The largest absolute Gasteiger partial charge is 0.475 e. The van der Waals surface area contributed by atoms with Crippen molar-refractivity contribution in [2.45, 2.75) is 26.2 Å². The van der Waals surface area contributed by atoms with Gasteiger partial charge in [0.1, 0.15) is 18.2 Å². The number of methoxy groups -OCH3 is 1. The second kappa shape index (κ2) is 10.3. The molecule has 0 atom stereocenters. The summed E-state index contributed by atoms with van der Waals surface area (Å²) in [5.74, 6) is 2.27. The summed E-state index contributed by atoms with van der Waals surface area (Å²) >= 11 is 0. The summed E-state index contributed by atoms with van der Waals surface area (Å²) in [5, 5.41) is 3.34. The first-order valence-corrected chi connectivity index (χ1v) is 7.54. The van der Waals surface area contributed by atoms with E-state index in [4.69, 9.17) is 9.47 Å². The van der Waals surface area contributed by atoms with Crippen LogP contribution in [0.15, 0.2) is 6.07 Å². The third-order valence-corrected chi connectivity index (χ3v) is 2.85. The van der Waals surface area contributed by atoms with Crippen LogP contribution >= 0.6 is 0 Å². The Morgan fingerprint density at radius 2 is 2.05 bits per heavy atom. The van der Waals surface area contributed by atoms with Gasteiger partial charge in [-0.3, -0.25) is 0 Å². The molecule has 120 valence electrons. The molecule has 6 heteroatoms. The molecule has 1 aromatic heterocycles. The van der Waals surface area contributed by atoms with Crippen LogP contribution in [0, 0.1) is 0 Å². The lowest BCUT2D eigenvalue weighted by Crippen LogP contribution is -2.17. The van der Waals surface area contributed by atoms with Gasteiger partial charge in [-0.15, -0.1) is 0 Å². The van der Waals surface area contributed by atoms with E-state index in [1.54, 1.807) is 7.11 Å². The van der Waals surface area contributed by atoms with Gasteiger partial charge in [0.15, 0.2) is 0 Å². The molecule has 0 aliphatic carbocycles. The fraction of sp³-hybridized carbons (Fsp3) is 0.733. The molecule has 1 heterocycles. The van der Waals surface area contributed by atoms with Crippen molar-refractivity contribution in [2.75, 3.05) is 52.8 Å². The molecule has 1 N–H and O–H groups in total. The van der Waals surface area contributed by atoms with E-state index in [1.165, 1.54) is 0 Å². The Morgan fingerprint density at radius 1 is 1.24 bits per heavy atom. The van der Waals surface area contributed by atoms with Gasteiger partial charge in [-0.25, -0.2) is 4.98 Å². The Morgan fingerprint density at radius 3 is 2.71 bits per heavy atom. The Hall–Kier alpha value is -1.40. The van der Waals surface area contributed by atoms with Gasteiger partial charge in [0.2, 0.25) is 5.88 Å². The molecule has 1 aromatic rings. The molecule has 0 spiro atoms.